The zero-order valence-corrected chi connectivity index (χ0v) is 11.2. The van der Waals surface area contributed by atoms with E-state index in [1.165, 1.54) is 7.11 Å². The van der Waals surface area contributed by atoms with E-state index in [9.17, 15) is 4.39 Å². The minimum Gasteiger partial charge on any atom is -0.494 e. The van der Waals surface area contributed by atoms with E-state index in [0.29, 0.717) is 5.56 Å². The molecule has 4 heteroatoms. The molecule has 2 rings (SSSR count). The number of benzene rings is 1. The summed E-state index contributed by atoms with van der Waals surface area (Å²) in [5.74, 6) is 0.878. The van der Waals surface area contributed by atoms with Gasteiger partial charge in [-0.3, -0.25) is 0 Å². The summed E-state index contributed by atoms with van der Waals surface area (Å²) in [6.07, 6.45) is 3.17. The van der Waals surface area contributed by atoms with Gasteiger partial charge in [0.15, 0.2) is 11.6 Å². The summed E-state index contributed by atoms with van der Waals surface area (Å²) in [6, 6.07) is 8.92. The SMILES string of the molecule is CNC(CCc1ccco1)c1cccc(OC)c1F. The van der Waals surface area contributed by atoms with Gasteiger partial charge in [0, 0.05) is 18.0 Å². The molecule has 0 aliphatic rings. The lowest BCUT2D eigenvalue weighted by atomic mass is 10.0. The zero-order valence-electron chi connectivity index (χ0n) is 11.2. The maximum Gasteiger partial charge on any atom is 0.169 e. The van der Waals surface area contributed by atoms with Gasteiger partial charge >= 0.3 is 0 Å². The molecule has 1 N–H and O–H groups in total. The molecule has 0 radical (unpaired) electrons. The molecule has 2 aromatic rings. The van der Waals surface area contributed by atoms with E-state index < -0.39 is 0 Å². The van der Waals surface area contributed by atoms with Gasteiger partial charge in [0.2, 0.25) is 0 Å². The molecule has 1 atom stereocenters. The topological polar surface area (TPSA) is 34.4 Å². The molecular weight excluding hydrogens is 245 g/mol. The van der Waals surface area contributed by atoms with Crippen molar-refractivity contribution in [2.45, 2.75) is 18.9 Å². The van der Waals surface area contributed by atoms with Crippen LogP contribution in [0.4, 0.5) is 4.39 Å². The third-order valence-electron chi connectivity index (χ3n) is 3.20. The highest BCUT2D eigenvalue weighted by molar-refractivity contribution is 5.33. The van der Waals surface area contributed by atoms with Crippen LogP contribution in [0.2, 0.25) is 0 Å². The maximum atomic E-state index is 14.2. The second-order valence-corrected chi connectivity index (χ2v) is 4.32. The van der Waals surface area contributed by atoms with Crippen LogP contribution in [0.3, 0.4) is 0 Å². The number of hydrogen-bond acceptors (Lipinski definition) is 3. The molecule has 3 nitrogen and oxygen atoms in total. The summed E-state index contributed by atoms with van der Waals surface area (Å²) in [5.41, 5.74) is 0.619. The second kappa shape index (κ2) is 6.38. The summed E-state index contributed by atoms with van der Waals surface area (Å²) in [4.78, 5) is 0. The van der Waals surface area contributed by atoms with Crippen molar-refractivity contribution in [1.82, 2.24) is 5.32 Å². The Bertz CT molecular complexity index is 511. The van der Waals surface area contributed by atoms with Crippen LogP contribution in [-0.4, -0.2) is 14.2 Å². The standard InChI is InChI=1S/C15H18FNO2/c1-17-13(9-8-11-5-4-10-19-11)12-6-3-7-14(18-2)15(12)16/h3-7,10,13,17H,8-9H2,1-2H3. The largest absolute Gasteiger partial charge is 0.494 e. The molecular formula is C15H18FNO2. The number of methoxy groups -OCH3 is 1. The van der Waals surface area contributed by atoms with Crippen LogP contribution in [0.25, 0.3) is 0 Å². The average Bonchev–Trinajstić information content (AvgIpc) is 2.94. The van der Waals surface area contributed by atoms with Gasteiger partial charge in [0.05, 0.1) is 13.4 Å². The van der Waals surface area contributed by atoms with Crippen LogP contribution in [0.5, 0.6) is 5.75 Å². The summed E-state index contributed by atoms with van der Waals surface area (Å²) >= 11 is 0. The fourth-order valence-electron chi connectivity index (χ4n) is 2.15. The van der Waals surface area contributed by atoms with Gasteiger partial charge in [-0.05, 0) is 31.7 Å². The quantitative estimate of drug-likeness (QED) is 0.868. The van der Waals surface area contributed by atoms with Gasteiger partial charge in [0.1, 0.15) is 5.76 Å². The van der Waals surface area contributed by atoms with E-state index in [1.54, 1.807) is 24.5 Å². The van der Waals surface area contributed by atoms with E-state index in [0.717, 1.165) is 18.6 Å². The average molecular weight is 263 g/mol. The molecule has 0 saturated heterocycles. The van der Waals surface area contributed by atoms with E-state index >= 15 is 0 Å². The predicted molar refractivity (Wildman–Crippen MR) is 71.8 cm³/mol. The highest BCUT2D eigenvalue weighted by atomic mass is 19.1. The number of halogens is 1. The smallest absolute Gasteiger partial charge is 0.169 e. The molecule has 0 aliphatic carbocycles. The molecule has 0 saturated carbocycles. The van der Waals surface area contributed by atoms with Crippen molar-refractivity contribution < 1.29 is 13.5 Å². The van der Waals surface area contributed by atoms with E-state index in [2.05, 4.69) is 5.32 Å². The minimum atomic E-state index is -0.302. The van der Waals surface area contributed by atoms with Crippen LogP contribution in [0.1, 0.15) is 23.8 Å². The van der Waals surface area contributed by atoms with E-state index in [4.69, 9.17) is 9.15 Å². The first-order valence-electron chi connectivity index (χ1n) is 6.28. The lowest BCUT2D eigenvalue weighted by Crippen LogP contribution is -2.18. The Morgan fingerprint density at radius 1 is 1.32 bits per heavy atom. The summed E-state index contributed by atoms with van der Waals surface area (Å²) in [7, 11) is 3.30. The predicted octanol–water partition coefficient (Wildman–Crippen LogP) is 3.32. The second-order valence-electron chi connectivity index (χ2n) is 4.32. The Kier molecular flexibility index (Phi) is 4.58. The molecule has 102 valence electrons. The molecule has 1 heterocycles. The molecule has 0 spiro atoms. The van der Waals surface area contributed by atoms with Crippen molar-refractivity contribution in [3.8, 4) is 5.75 Å². The Labute approximate surface area is 112 Å². The summed E-state index contributed by atoms with van der Waals surface area (Å²) in [5, 5.41) is 3.14. The fraction of sp³-hybridized carbons (Fsp3) is 0.333. The number of furan rings is 1. The third-order valence-corrected chi connectivity index (χ3v) is 3.20. The molecule has 0 aliphatic heterocycles. The van der Waals surface area contributed by atoms with E-state index in [1.807, 2.05) is 19.2 Å². The zero-order chi connectivity index (χ0) is 13.7. The molecule has 0 fully saturated rings. The Balaban J connectivity index is 2.13. The fourth-order valence-corrected chi connectivity index (χ4v) is 2.15. The van der Waals surface area contributed by atoms with Gasteiger partial charge < -0.3 is 14.5 Å². The molecule has 1 unspecified atom stereocenters. The van der Waals surface area contributed by atoms with Crippen LogP contribution >= 0.6 is 0 Å². The van der Waals surface area contributed by atoms with Crippen molar-refractivity contribution in [1.29, 1.82) is 0 Å². The van der Waals surface area contributed by atoms with Crippen molar-refractivity contribution in [3.63, 3.8) is 0 Å². The molecule has 0 amide bonds. The van der Waals surface area contributed by atoms with Crippen molar-refractivity contribution in [3.05, 3.63) is 53.7 Å². The first-order valence-corrected chi connectivity index (χ1v) is 6.28. The number of nitrogens with one attached hydrogen (secondary N) is 1. The Hall–Kier alpha value is -1.81. The van der Waals surface area contributed by atoms with Crippen molar-refractivity contribution in [2.75, 3.05) is 14.2 Å². The number of ether oxygens (including phenoxy) is 1. The molecule has 1 aromatic heterocycles. The highest BCUT2D eigenvalue weighted by Crippen LogP contribution is 2.27. The van der Waals surface area contributed by atoms with Gasteiger partial charge in [-0.15, -0.1) is 0 Å². The van der Waals surface area contributed by atoms with Gasteiger partial charge in [-0.2, -0.15) is 0 Å². The monoisotopic (exact) mass is 263 g/mol. The minimum absolute atomic E-state index is 0.0693. The summed E-state index contributed by atoms with van der Waals surface area (Å²) in [6.45, 7) is 0. The maximum absolute atomic E-state index is 14.2. The van der Waals surface area contributed by atoms with Gasteiger partial charge in [0.25, 0.3) is 0 Å². The van der Waals surface area contributed by atoms with E-state index in [-0.39, 0.29) is 17.6 Å². The van der Waals surface area contributed by atoms with Gasteiger partial charge in [-0.1, -0.05) is 12.1 Å². The molecule has 19 heavy (non-hydrogen) atoms. The van der Waals surface area contributed by atoms with Crippen LogP contribution in [-0.2, 0) is 6.42 Å². The lowest BCUT2D eigenvalue weighted by molar-refractivity contribution is 0.378. The van der Waals surface area contributed by atoms with Crippen LogP contribution in [0.15, 0.2) is 41.0 Å². The van der Waals surface area contributed by atoms with Gasteiger partial charge in [-0.25, -0.2) is 4.39 Å². The first kappa shape index (κ1) is 13.6. The lowest BCUT2D eigenvalue weighted by Gasteiger charge is -2.18. The third kappa shape index (κ3) is 3.15. The van der Waals surface area contributed by atoms with Crippen molar-refractivity contribution >= 4 is 0 Å². The first-order chi connectivity index (χ1) is 9.26. The number of aryl methyl sites for hydroxylation is 1. The Morgan fingerprint density at radius 2 is 2.16 bits per heavy atom. The number of rotatable bonds is 6. The number of hydrogen-bond donors (Lipinski definition) is 1. The van der Waals surface area contributed by atoms with Crippen LogP contribution < -0.4 is 10.1 Å². The normalized spacial score (nSPS) is 12.4. The highest BCUT2D eigenvalue weighted by Gasteiger charge is 2.17. The molecule has 1 aromatic carbocycles. The van der Waals surface area contributed by atoms with Crippen LogP contribution in [0, 0.1) is 5.82 Å². The molecule has 0 bridgehead atoms. The van der Waals surface area contributed by atoms with Crippen molar-refractivity contribution in [2.24, 2.45) is 0 Å². The summed E-state index contributed by atoms with van der Waals surface area (Å²) < 4.78 is 24.5. The Morgan fingerprint density at radius 3 is 2.79 bits per heavy atom.